The number of hydrogen-bond acceptors (Lipinski definition) is 1. The van der Waals surface area contributed by atoms with Gasteiger partial charge >= 0.3 is 0 Å². The van der Waals surface area contributed by atoms with Crippen LogP contribution in [-0.4, -0.2) is 0 Å². The minimum Gasteiger partial charge on any atom is -0.461 e. The van der Waals surface area contributed by atoms with Crippen LogP contribution in [0.15, 0.2) is 34.7 Å². The summed E-state index contributed by atoms with van der Waals surface area (Å²) in [5.41, 5.74) is 1.08. The Balaban J connectivity index is 0.000000531. The van der Waals surface area contributed by atoms with Crippen LogP contribution in [0.25, 0.3) is 11.0 Å². The van der Waals surface area contributed by atoms with Crippen LogP contribution in [0, 0.1) is 0 Å². The monoisotopic (exact) mass is 204 g/mol. The van der Waals surface area contributed by atoms with Gasteiger partial charge in [0.2, 0.25) is 0 Å². The molecule has 0 radical (unpaired) electrons. The Bertz CT molecular complexity index is 385. The normalized spacial score (nSPS) is 11.0. The third-order valence-electron chi connectivity index (χ3n) is 2.16. The predicted octanol–water partition coefficient (Wildman–Crippen LogP) is 4.76. The van der Waals surface area contributed by atoms with Crippen LogP contribution in [-0.2, 0) is 5.41 Å². The minimum absolute atomic E-state index is 0.0962. The molecule has 0 fully saturated rings. The second-order valence-corrected chi connectivity index (χ2v) is 4.40. The zero-order valence-electron chi connectivity index (χ0n) is 10.3. The van der Waals surface area contributed by atoms with Crippen molar-refractivity contribution in [2.24, 2.45) is 0 Å². The van der Waals surface area contributed by atoms with Crippen molar-refractivity contribution < 1.29 is 4.42 Å². The number of rotatable bonds is 0. The Morgan fingerprint density at radius 3 is 2.13 bits per heavy atom. The maximum Gasteiger partial charge on any atom is 0.134 e. The van der Waals surface area contributed by atoms with Gasteiger partial charge in [-0.3, -0.25) is 0 Å². The Hall–Kier alpha value is -1.24. The van der Waals surface area contributed by atoms with Gasteiger partial charge in [-0.05, 0) is 12.1 Å². The molecule has 2 rings (SSSR count). The Morgan fingerprint density at radius 2 is 1.60 bits per heavy atom. The van der Waals surface area contributed by atoms with Crippen LogP contribution < -0.4 is 0 Å². The fourth-order valence-corrected chi connectivity index (χ4v) is 1.35. The van der Waals surface area contributed by atoms with E-state index in [-0.39, 0.29) is 5.41 Å². The van der Waals surface area contributed by atoms with Crippen molar-refractivity contribution in [2.45, 2.75) is 40.0 Å². The Morgan fingerprint density at radius 1 is 1.00 bits per heavy atom. The van der Waals surface area contributed by atoms with E-state index in [2.05, 4.69) is 32.9 Å². The van der Waals surface area contributed by atoms with E-state index < -0.39 is 0 Å². The van der Waals surface area contributed by atoms with Crippen LogP contribution in [0.5, 0.6) is 0 Å². The molecule has 0 saturated heterocycles. The quantitative estimate of drug-likeness (QED) is 0.603. The second kappa shape index (κ2) is 4.52. The topological polar surface area (TPSA) is 13.1 Å². The zero-order valence-corrected chi connectivity index (χ0v) is 10.3. The van der Waals surface area contributed by atoms with Gasteiger partial charge in [0.05, 0.1) is 0 Å². The molecule has 1 aromatic carbocycles. The second-order valence-electron chi connectivity index (χ2n) is 4.40. The average Bonchev–Trinajstić information content (AvgIpc) is 2.63. The molecular formula is C14H20O. The SMILES string of the molecule is CC.CC(C)(C)c1cc2ccccc2o1. The number of furan rings is 1. The van der Waals surface area contributed by atoms with E-state index in [1.54, 1.807) is 0 Å². The summed E-state index contributed by atoms with van der Waals surface area (Å²) < 4.78 is 5.73. The number of hydrogen-bond donors (Lipinski definition) is 0. The first kappa shape index (κ1) is 11.8. The molecule has 2 aromatic rings. The highest BCUT2D eigenvalue weighted by atomic mass is 16.3. The standard InChI is InChI=1S/C12H14O.C2H6/c1-12(2,3)11-8-9-6-4-5-7-10(9)13-11;1-2/h4-8H,1-3H3;1-2H3. The Kier molecular flexibility index (Phi) is 3.57. The first-order valence-corrected chi connectivity index (χ1v) is 5.56. The van der Waals surface area contributed by atoms with Crippen LogP contribution in [0.2, 0.25) is 0 Å². The lowest BCUT2D eigenvalue weighted by Gasteiger charge is -2.13. The maximum absolute atomic E-state index is 5.73. The van der Waals surface area contributed by atoms with E-state index in [1.807, 2.05) is 32.0 Å². The Labute approximate surface area is 92.1 Å². The lowest BCUT2D eigenvalue weighted by molar-refractivity contribution is 0.430. The summed E-state index contributed by atoms with van der Waals surface area (Å²) in [6.45, 7) is 10.5. The zero-order chi connectivity index (χ0) is 11.5. The van der Waals surface area contributed by atoms with Gasteiger partial charge in [0.1, 0.15) is 11.3 Å². The van der Waals surface area contributed by atoms with Gasteiger partial charge in [-0.2, -0.15) is 0 Å². The maximum atomic E-state index is 5.73. The molecule has 0 saturated carbocycles. The summed E-state index contributed by atoms with van der Waals surface area (Å²) in [5.74, 6) is 1.05. The van der Waals surface area contributed by atoms with Crippen LogP contribution >= 0.6 is 0 Å². The fourth-order valence-electron chi connectivity index (χ4n) is 1.35. The third-order valence-corrected chi connectivity index (χ3v) is 2.16. The first-order chi connectivity index (χ1) is 7.07. The van der Waals surface area contributed by atoms with Crippen molar-refractivity contribution in [2.75, 3.05) is 0 Å². The summed E-state index contributed by atoms with van der Waals surface area (Å²) in [5, 5.41) is 1.19. The number of fused-ring (bicyclic) bond motifs is 1. The van der Waals surface area contributed by atoms with Gasteiger partial charge < -0.3 is 4.42 Å². The highest BCUT2D eigenvalue weighted by Gasteiger charge is 2.18. The van der Waals surface area contributed by atoms with Gasteiger partial charge in [0.15, 0.2) is 0 Å². The molecule has 1 nitrogen and oxygen atoms in total. The number of benzene rings is 1. The summed E-state index contributed by atoms with van der Waals surface area (Å²) >= 11 is 0. The van der Waals surface area contributed by atoms with Crippen molar-refractivity contribution in [3.8, 4) is 0 Å². The molecule has 0 spiro atoms. The molecule has 0 aliphatic carbocycles. The molecule has 0 aliphatic heterocycles. The van der Waals surface area contributed by atoms with Gasteiger partial charge in [0, 0.05) is 10.8 Å². The summed E-state index contributed by atoms with van der Waals surface area (Å²) in [6.07, 6.45) is 0. The van der Waals surface area contributed by atoms with E-state index in [4.69, 9.17) is 4.42 Å². The van der Waals surface area contributed by atoms with Crippen LogP contribution in [0.3, 0.4) is 0 Å². The smallest absolute Gasteiger partial charge is 0.134 e. The lowest BCUT2D eigenvalue weighted by atomic mass is 9.93. The molecular weight excluding hydrogens is 184 g/mol. The molecule has 15 heavy (non-hydrogen) atoms. The van der Waals surface area contributed by atoms with Crippen LogP contribution in [0.4, 0.5) is 0 Å². The molecule has 0 bridgehead atoms. The van der Waals surface area contributed by atoms with Crippen molar-refractivity contribution in [1.29, 1.82) is 0 Å². The summed E-state index contributed by atoms with van der Waals surface area (Å²) in [4.78, 5) is 0. The molecule has 0 aliphatic rings. The molecule has 0 unspecified atom stereocenters. The molecule has 0 N–H and O–H groups in total. The highest BCUT2D eigenvalue weighted by molar-refractivity contribution is 5.77. The average molecular weight is 204 g/mol. The van der Waals surface area contributed by atoms with Crippen molar-refractivity contribution in [1.82, 2.24) is 0 Å². The molecule has 1 heterocycles. The van der Waals surface area contributed by atoms with E-state index in [9.17, 15) is 0 Å². The molecule has 0 amide bonds. The first-order valence-electron chi connectivity index (χ1n) is 5.56. The van der Waals surface area contributed by atoms with Crippen LogP contribution in [0.1, 0.15) is 40.4 Å². The summed E-state index contributed by atoms with van der Waals surface area (Å²) in [6, 6.07) is 10.2. The molecule has 1 heteroatoms. The lowest BCUT2D eigenvalue weighted by Crippen LogP contribution is -2.08. The van der Waals surface area contributed by atoms with E-state index >= 15 is 0 Å². The molecule has 82 valence electrons. The van der Waals surface area contributed by atoms with E-state index in [0.29, 0.717) is 0 Å². The van der Waals surface area contributed by atoms with E-state index in [1.165, 1.54) is 5.39 Å². The fraction of sp³-hybridized carbons (Fsp3) is 0.429. The van der Waals surface area contributed by atoms with E-state index in [0.717, 1.165) is 11.3 Å². The molecule has 1 aromatic heterocycles. The minimum atomic E-state index is 0.0962. The summed E-state index contributed by atoms with van der Waals surface area (Å²) in [7, 11) is 0. The van der Waals surface area contributed by atoms with Gasteiger partial charge in [-0.15, -0.1) is 0 Å². The highest BCUT2D eigenvalue weighted by Crippen LogP contribution is 2.28. The van der Waals surface area contributed by atoms with Crippen molar-refractivity contribution in [3.63, 3.8) is 0 Å². The van der Waals surface area contributed by atoms with Crippen molar-refractivity contribution in [3.05, 3.63) is 36.1 Å². The van der Waals surface area contributed by atoms with Gasteiger partial charge in [-0.25, -0.2) is 0 Å². The molecule has 0 atom stereocenters. The predicted molar refractivity (Wildman–Crippen MR) is 66.3 cm³/mol. The van der Waals surface area contributed by atoms with Crippen molar-refractivity contribution >= 4 is 11.0 Å². The third kappa shape index (κ3) is 2.62. The van der Waals surface area contributed by atoms with Gasteiger partial charge in [-0.1, -0.05) is 52.8 Å². The number of para-hydroxylation sites is 1. The van der Waals surface area contributed by atoms with Gasteiger partial charge in [0.25, 0.3) is 0 Å². The largest absolute Gasteiger partial charge is 0.461 e.